The molecule has 1 aliphatic rings. The van der Waals surface area contributed by atoms with Crippen molar-refractivity contribution in [3.8, 4) is 0 Å². The van der Waals surface area contributed by atoms with E-state index >= 15 is 0 Å². The van der Waals surface area contributed by atoms with E-state index in [1.165, 1.54) is 12.8 Å². The van der Waals surface area contributed by atoms with Crippen molar-refractivity contribution < 1.29 is 9.53 Å². The summed E-state index contributed by atoms with van der Waals surface area (Å²) in [6.07, 6.45) is 2.59. The van der Waals surface area contributed by atoms with E-state index in [0.29, 0.717) is 19.0 Å². The summed E-state index contributed by atoms with van der Waals surface area (Å²) in [4.78, 5) is 11.6. The van der Waals surface area contributed by atoms with Crippen LogP contribution in [0.25, 0.3) is 0 Å². The van der Waals surface area contributed by atoms with Crippen LogP contribution in [0.2, 0.25) is 0 Å². The van der Waals surface area contributed by atoms with Gasteiger partial charge in [0.15, 0.2) is 0 Å². The van der Waals surface area contributed by atoms with E-state index in [9.17, 15) is 4.79 Å². The predicted octanol–water partition coefficient (Wildman–Crippen LogP) is 1.79. The average Bonchev–Trinajstić information content (AvgIpc) is 3.00. The molecule has 0 aromatic heterocycles. The molecular formula is C11H20ClNO2. The second kappa shape index (κ2) is 5.71. The second-order valence-corrected chi connectivity index (χ2v) is 5.06. The Balaban J connectivity index is 2.00. The van der Waals surface area contributed by atoms with Gasteiger partial charge in [-0.2, -0.15) is 0 Å². The quantitative estimate of drug-likeness (QED) is 0.538. The molecule has 0 saturated heterocycles. The van der Waals surface area contributed by atoms with Crippen molar-refractivity contribution in [3.05, 3.63) is 0 Å². The van der Waals surface area contributed by atoms with Gasteiger partial charge in [-0.1, -0.05) is 0 Å². The smallest absolute Gasteiger partial charge is 0.226 e. The lowest BCUT2D eigenvalue weighted by atomic mass is 9.95. The molecule has 3 nitrogen and oxygen atoms in total. The van der Waals surface area contributed by atoms with Crippen molar-refractivity contribution >= 4 is 17.5 Å². The molecule has 0 aliphatic heterocycles. The van der Waals surface area contributed by atoms with E-state index in [0.717, 1.165) is 12.5 Å². The summed E-state index contributed by atoms with van der Waals surface area (Å²) in [5.74, 6) is 1.11. The van der Waals surface area contributed by atoms with Gasteiger partial charge in [0.1, 0.15) is 0 Å². The molecule has 0 aromatic carbocycles. The molecule has 0 aromatic rings. The Bertz CT molecular complexity index is 215. The topological polar surface area (TPSA) is 38.3 Å². The fraction of sp³-hybridized carbons (Fsp3) is 0.909. The summed E-state index contributed by atoms with van der Waals surface area (Å²) >= 11 is 5.69. The average molecular weight is 234 g/mol. The molecule has 0 radical (unpaired) electrons. The molecule has 1 amide bonds. The monoisotopic (exact) mass is 233 g/mol. The highest BCUT2D eigenvalue weighted by Crippen LogP contribution is 2.28. The zero-order chi connectivity index (χ0) is 11.3. The molecule has 1 rings (SSSR count). The van der Waals surface area contributed by atoms with E-state index in [2.05, 4.69) is 5.32 Å². The first-order valence-electron chi connectivity index (χ1n) is 5.48. The van der Waals surface area contributed by atoms with Gasteiger partial charge in [0, 0.05) is 19.0 Å². The Kier molecular flexibility index (Phi) is 4.87. The van der Waals surface area contributed by atoms with Crippen LogP contribution in [0.5, 0.6) is 0 Å². The normalized spacial score (nSPS) is 16.5. The van der Waals surface area contributed by atoms with Crippen LogP contribution in [0.4, 0.5) is 0 Å². The minimum absolute atomic E-state index is 0.00692. The molecular weight excluding hydrogens is 214 g/mol. The van der Waals surface area contributed by atoms with Crippen molar-refractivity contribution in [2.24, 2.45) is 11.3 Å². The first-order chi connectivity index (χ1) is 7.06. The third-order valence-corrected chi connectivity index (χ3v) is 3.20. The van der Waals surface area contributed by atoms with Crippen LogP contribution < -0.4 is 5.32 Å². The van der Waals surface area contributed by atoms with Crippen molar-refractivity contribution in [1.29, 1.82) is 0 Å². The first-order valence-corrected chi connectivity index (χ1v) is 6.02. The van der Waals surface area contributed by atoms with Gasteiger partial charge in [-0.25, -0.2) is 0 Å². The van der Waals surface area contributed by atoms with Crippen molar-refractivity contribution in [3.63, 3.8) is 0 Å². The lowest BCUT2D eigenvalue weighted by molar-refractivity contribution is -0.128. The van der Waals surface area contributed by atoms with Gasteiger partial charge in [0.2, 0.25) is 5.91 Å². The maximum absolute atomic E-state index is 11.6. The number of carbonyl (C=O) groups is 1. The van der Waals surface area contributed by atoms with Crippen molar-refractivity contribution in [1.82, 2.24) is 5.32 Å². The number of ether oxygens (including phenoxy) is 1. The molecule has 1 fully saturated rings. The predicted molar refractivity (Wildman–Crippen MR) is 61.1 cm³/mol. The number of amides is 1. The first kappa shape index (κ1) is 12.8. The Labute approximate surface area is 96.5 Å². The molecule has 1 N–H and O–H groups in total. The van der Waals surface area contributed by atoms with Crippen LogP contribution in [0.15, 0.2) is 0 Å². The summed E-state index contributed by atoms with van der Waals surface area (Å²) in [5, 5.41) is 2.82. The second-order valence-electron chi connectivity index (χ2n) is 4.79. The lowest BCUT2D eigenvalue weighted by Gasteiger charge is -2.20. The zero-order valence-electron chi connectivity index (χ0n) is 9.51. The molecule has 88 valence electrons. The number of halogens is 1. The third kappa shape index (κ3) is 4.85. The number of rotatable bonds is 7. The summed E-state index contributed by atoms with van der Waals surface area (Å²) < 4.78 is 5.41. The van der Waals surface area contributed by atoms with Crippen LogP contribution >= 0.6 is 11.6 Å². The van der Waals surface area contributed by atoms with Gasteiger partial charge in [-0.3, -0.25) is 4.79 Å². The van der Waals surface area contributed by atoms with Gasteiger partial charge < -0.3 is 10.1 Å². The molecule has 0 bridgehead atoms. The maximum atomic E-state index is 11.6. The number of alkyl halides is 1. The van der Waals surface area contributed by atoms with E-state index in [-0.39, 0.29) is 5.91 Å². The molecule has 0 spiro atoms. The number of hydrogen-bond acceptors (Lipinski definition) is 2. The van der Waals surface area contributed by atoms with Gasteiger partial charge in [-0.15, -0.1) is 11.6 Å². The van der Waals surface area contributed by atoms with Crippen LogP contribution in [0, 0.1) is 11.3 Å². The third-order valence-electron chi connectivity index (χ3n) is 2.53. The minimum Gasteiger partial charge on any atom is -0.379 e. The van der Waals surface area contributed by atoms with Crippen molar-refractivity contribution in [2.75, 3.05) is 25.6 Å². The van der Waals surface area contributed by atoms with E-state index in [4.69, 9.17) is 16.3 Å². The molecule has 15 heavy (non-hydrogen) atoms. The summed E-state index contributed by atoms with van der Waals surface area (Å²) in [5.41, 5.74) is -0.488. The number of nitrogens with one attached hydrogen (secondary N) is 1. The Morgan fingerprint density at radius 1 is 1.53 bits per heavy atom. The number of carbonyl (C=O) groups excluding carboxylic acids is 1. The van der Waals surface area contributed by atoms with E-state index in [1.807, 2.05) is 13.8 Å². The summed E-state index contributed by atoms with van der Waals surface area (Å²) in [6.45, 7) is 5.68. The van der Waals surface area contributed by atoms with Crippen LogP contribution in [0.3, 0.4) is 0 Å². The zero-order valence-corrected chi connectivity index (χ0v) is 10.3. The Hall–Kier alpha value is -0.280. The lowest BCUT2D eigenvalue weighted by Crippen LogP contribution is -2.39. The fourth-order valence-corrected chi connectivity index (χ4v) is 1.19. The number of hydrogen-bond donors (Lipinski definition) is 1. The standard InChI is InChI=1S/C11H20ClNO2/c1-11(2,8-12)10(14)13-5-6-15-7-9-3-4-9/h9H,3-8H2,1-2H3,(H,13,14). The molecule has 0 atom stereocenters. The SMILES string of the molecule is CC(C)(CCl)C(=O)NCCOCC1CC1. The van der Waals surface area contributed by atoms with Crippen LogP contribution in [-0.4, -0.2) is 31.5 Å². The highest BCUT2D eigenvalue weighted by Gasteiger charge is 2.26. The van der Waals surface area contributed by atoms with Gasteiger partial charge in [-0.05, 0) is 32.6 Å². The maximum Gasteiger partial charge on any atom is 0.226 e. The minimum atomic E-state index is -0.488. The van der Waals surface area contributed by atoms with Crippen molar-refractivity contribution in [2.45, 2.75) is 26.7 Å². The van der Waals surface area contributed by atoms with E-state index in [1.54, 1.807) is 0 Å². The summed E-state index contributed by atoms with van der Waals surface area (Å²) in [7, 11) is 0. The molecule has 1 aliphatic carbocycles. The molecule has 0 heterocycles. The van der Waals surface area contributed by atoms with Gasteiger partial charge >= 0.3 is 0 Å². The molecule has 4 heteroatoms. The van der Waals surface area contributed by atoms with Gasteiger partial charge in [0.25, 0.3) is 0 Å². The summed E-state index contributed by atoms with van der Waals surface area (Å²) in [6, 6.07) is 0. The van der Waals surface area contributed by atoms with Gasteiger partial charge in [0.05, 0.1) is 12.0 Å². The molecule has 0 unspecified atom stereocenters. The van der Waals surface area contributed by atoms with Crippen LogP contribution in [0.1, 0.15) is 26.7 Å². The Morgan fingerprint density at radius 3 is 2.73 bits per heavy atom. The fourth-order valence-electron chi connectivity index (χ4n) is 1.07. The Morgan fingerprint density at radius 2 is 2.20 bits per heavy atom. The van der Waals surface area contributed by atoms with E-state index < -0.39 is 5.41 Å². The molecule has 1 saturated carbocycles. The highest BCUT2D eigenvalue weighted by atomic mass is 35.5. The highest BCUT2D eigenvalue weighted by molar-refractivity contribution is 6.19. The van der Waals surface area contributed by atoms with Crippen LogP contribution in [-0.2, 0) is 9.53 Å². The largest absolute Gasteiger partial charge is 0.379 e.